The van der Waals surface area contributed by atoms with Gasteiger partial charge in [0.15, 0.2) is 5.82 Å². The van der Waals surface area contributed by atoms with Crippen molar-refractivity contribution in [3.8, 4) is 11.5 Å². The molecule has 162 valence electrons. The molecule has 0 radical (unpaired) electrons. The van der Waals surface area contributed by atoms with E-state index in [1.807, 2.05) is 18.4 Å². The summed E-state index contributed by atoms with van der Waals surface area (Å²) in [7, 11) is -3.83. The Labute approximate surface area is 184 Å². The number of carbonyl (C=O) groups is 1. The SMILES string of the molecule is CC(C)n1cnnc1-c1cccc(NC(=O)c2cccc(S(=O)(=O)c3ccnnc3)c2)n1. The molecule has 1 aromatic carbocycles. The van der Waals surface area contributed by atoms with Crippen molar-refractivity contribution >= 4 is 21.6 Å². The van der Waals surface area contributed by atoms with Crippen molar-refractivity contribution < 1.29 is 13.2 Å². The van der Waals surface area contributed by atoms with Gasteiger partial charge in [-0.05, 0) is 50.2 Å². The van der Waals surface area contributed by atoms with Crippen LogP contribution in [0.2, 0.25) is 0 Å². The third kappa shape index (κ3) is 4.23. The van der Waals surface area contributed by atoms with Gasteiger partial charge in [-0.25, -0.2) is 13.4 Å². The minimum Gasteiger partial charge on any atom is -0.310 e. The van der Waals surface area contributed by atoms with Gasteiger partial charge in [0.25, 0.3) is 5.91 Å². The van der Waals surface area contributed by atoms with Crippen LogP contribution in [0.15, 0.2) is 77.0 Å². The summed E-state index contributed by atoms with van der Waals surface area (Å²) < 4.78 is 27.5. The number of nitrogens with one attached hydrogen (secondary N) is 1. The average molecular weight is 449 g/mol. The van der Waals surface area contributed by atoms with E-state index in [9.17, 15) is 13.2 Å². The number of sulfone groups is 1. The van der Waals surface area contributed by atoms with Gasteiger partial charge in [-0.1, -0.05) is 12.1 Å². The fourth-order valence-corrected chi connectivity index (χ4v) is 4.24. The molecule has 0 aliphatic carbocycles. The van der Waals surface area contributed by atoms with Crippen LogP contribution in [0.1, 0.15) is 30.2 Å². The number of hydrogen-bond donors (Lipinski definition) is 1. The van der Waals surface area contributed by atoms with Gasteiger partial charge in [0.05, 0.1) is 22.2 Å². The lowest BCUT2D eigenvalue weighted by Crippen LogP contribution is -2.14. The monoisotopic (exact) mass is 449 g/mol. The van der Waals surface area contributed by atoms with E-state index < -0.39 is 15.7 Å². The van der Waals surface area contributed by atoms with Crippen molar-refractivity contribution in [1.82, 2.24) is 29.9 Å². The van der Waals surface area contributed by atoms with Crippen molar-refractivity contribution in [3.63, 3.8) is 0 Å². The number of amides is 1. The normalized spacial score (nSPS) is 11.5. The molecule has 4 rings (SSSR count). The molecule has 4 aromatic rings. The molecule has 0 atom stereocenters. The molecular formula is C21H19N7O3S. The molecule has 10 nitrogen and oxygen atoms in total. The van der Waals surface area contributed by atoms with Crippen molar-refractivity contribution in [2.75, 3.05) is 5.32 Å². The summed E-state index contributed by atoms with van der Waals surface area (Å²) in [6, 6.07) is 12.4. The predicted octanol–water partition coefficient (Wildman–Crippen LogP) is 2.80. The first kappa shape index (κ1) is 21.2. The predicted molar refractivity (Wildman–Crippen MR) is 116 cm³/mol. The topological polar surface area (TPSA) is 133 Å². The number of nitrogens with zero attached hydrogens (tertiary/aromatic N) is 6. The van der Waals surface area contributed by atoms with Crippen LogP contribution in [-0.2, 0) is 9.84 Å². The summed E-state index contributed by atoms with van der Waals surface area (Å²) in [6.07, 6.45) is 4.08. The van der Waals surface area contributed by atoms with Gasteiger partial charge < -0.3 is 9.88 Å². The number of benzene rings is 1. The van der Waals surface area contributed by atoms with E-state index in [1.54, 1.807) is 24.5 Å². The molecule has 0 aliphatic rings. The summed E-state index contributed by atoms with van der Waals surface area (Å²) in [4.78, 5) is 17.2. The van der Waals surface area contributed by atoms with Gasteiger partial charge in [0.1, 0.15) is 17.8 Å². The maximum absolute atomic E-state index is 12.8. The number of pyridine rings is 1. The minimum atomic E-state index is -3.83. The van der Waals surface area contributed by atoms with Crippen molar-refractivity contribution in [2.45, 2.75) is 29.7 Å². The first-order chi connectivity index (χ1) is 15.4. The van der Waals surface area contributed by atoms with Crippen LogP contribution in [0.3, 0.4) is 0 Å². The zero-order valence-corrected chi connectivity index (χ0v) is 18.1. The molecule has 3 aromatic heterocycles. The number of carbonyl (C=O) groups excluding carboxylic acids is 1. The Bertz CT molecular complexity index is 1370. The van der Waals surface area contributed by atoms with Crippen molar-refractivity contribution in [3.05, 3.63) is 72.8 Å². The Morgan fingerprint density at radius 1 is 1.00 bits per heavy atom. The highest BCUT2D eigenvalue weighted by Gasteiger charge is 2.20. The van der Waals surface area contributed by atoms with E-state index in [-0.39, 0.29) is 21.4 Å². The van der Waals surface area contributed by atoms with Crippen LogP contribution in [0, 0.1) is 0 Å². The molecular weight excluding hydrogens is 430 g/mol. The van der Waals surface area contributed by atoms with Crippen LogP contribution in [0.4, 0.5) is 5.82 Å². The second kappa shape index (κ2) is 8.63. The molecule has 0 saturated carbocycles. The number of rotatable bonds is 6. The Balaban J connectivity index is 1.59. The molecule has 0 spiro atoms. The Morgan fingerprint density at radius 3 is 2.56 bits per heavy atom. The van der Waals surface area contributed by atoms with Crippen LogP contribution < -0.4 is 5.32 Å². The van der Waals surface area contributed by atoms with Gasteiger partial charge in [-0.15, -0.1) is 10.2 Å². The molecule has 0 saturated heterocycles. The van der Waals surface area contributed by atoms with E-state index in [1.165, 1.54) is 36.5 Å². The summed E-state index contributed by atoms with van der Waals surface area (Å²) in [5.41, 5.74) is 0.723. The third-order valence-corrected chi connectivity index (χ3v) is 6.36. The summed E-state index contributed by atoms with van der Waals surface area (Å²) in [5, 5.41) is 18.0. The largest absolute Gasteiger partial charge is 0.310 e. The summed E-state index contributed by atoms with van der Waals surface area (Å²) >= 11 is 0. The number of anilines is 1. The summed E-state index contributed by atoms with van der Waals surface area (Å²) in [5.74, 6) is 0.387. The molecule has 0 bridgehead atoms. The van der Waals surface area contributed by atoms with Gasteiger partial charge >= 0.3 is 0 Å². The van der Waals surface area contributed by atoms with E-state index in [4.69, 9.17) is 0 Å². The average Bonchev–Trinajstić information content (AvgIpc) is 3.30. The molecule has 1 amide bonds. The smallest absolute Gasteiger partial charge is 0.256 e. The van der Waals surface area contributed by atoms with Crippen molar-refractivity contribution in [1.29, 1.82) is 0 Å². The lowest BCUT2D eigenvalue weighted by molar-refractivity contribution is 0.102. The standard InChI is InChI=1S/C21H19N7O3S/c1-14(2)28-13-24-27-20(28)18-7-4-8-19(25-18)26-21(29)15-5-3-6-16(11-15)32(30,31)17-9-10-22-23-12-17/h3-14H,1-2H3,(H,25,26,29). The van der Waals surface area contributed by atoms with Crippen LogP contribution in [0.25, 0.3) is 11.5 Å². The van der Waals surface area contributed by atoms with Crippen molar-refractivity contribution in [2.24, 2.45) is 0 Å². The quantitative estimate of drug-likeness (QED) is 0.475. The number of hydrogen-bond acceptors (Lipinski definition) is 8. The highest BCUT2D eigenvalue weighted by Crippen LogP contribution is 2.22. The lowest BCUT2D eigenvalue weighted by atomic mass is 10.2. The van der Waals surface area contributed by atoms with Crippen LogP contribution in [-0.4, -0.2) is 44.3 Å². The van der Waals surface area contributed by atoms with Gasteiger partial charge in [0.2, 0.25) is 9.84 Å². The highest BCUT2D eigenvalue weighted by molar-refractivity contribution is 7.91. The maximum atomic E-state index is 12.8. The van der Waals surface area contributed by atoms with Gasteiger partial charge in [-0.3, -0.25) is 4.79 Å². The van der Waals surface area contributed by atoms with E-state index in [2.05, 4.69) is 30.7 Å². The van der Waals surface area contributed by atoms with Gasteiger partial charge in [-0.2, -0.15) is 10.2 Å². The fraction of sp³-hybridized carbons (Fsp3) is 0.143. The molecule has 1 N–H and O–H groups in total. The maximum Gasteiger partial charge on any atom is 0.256 e. The van der Waals surface area contributed by atoms with Gasteiger partial charge in [0, 0.05) is 11.6 Å². The zero-order chi connectivity index (χ0) is 22.7. The summed E-state index contributed by atoms with van der Waals surface area (Å²) in [6.45, 7) is 4.00. The number of aromatic nitrogens is 6. The Kier molecular flexibility index (Phi) is 5.73. The zero-order valence-electron chi connectivity index (χ0n) is 17.2. The fourth-order valence-electron chi connectivity index (χ4n) is 3.00. The molecule has 32 heavy (non-hydrogen) atoms. The minimum absolute atomic E-state index is 0.00584. The molecule has 3 heterocycles. The molecule has 0 unspecified atom stereocenters. The first-order valence-electron chi connectivity index (χ1n) is 9.66. The third-order valence-electron chi connectivity index (χ3n) is 4.62. The second-order valence-electron chi connectivity index (χ2n) is 7.13. The first-order valence-corrected chi connectivity index (χ1v) is 11.1. The van der Waals surface area contributed by atoms with E-state index >= 15 is 0 Å². The molecule has 0 fully saturated rings. The Morgan fingerprint density at radius 2 is 1.81 bits per heavy atom. The second-order valence-corrected chi connectivity index (χ2v) is 9.08. The van der Waals surface area contributed by atoms with Crippen LogP contribution >= 0.6 is 0 Å². The van der Waals surface area contributed by atoms with E-state index in [0.717, 1.165) is 6.20 Å². The Hall–Kier alpha value is -3.99. The highest BCUT2D eigenvalue weighted by atomic mass is 32.2. The van der Waals surface area contributed by atoms with E-state index in [0.29, 0.717) is 17.3 Å². The molecule has 0 aliphatic heterocycles. The lowest BCUT2D eigenvalue weighted by Gasteiger charge is -2.11. The van der Waals surface area contributed by atoms with Crippen LogP contribution in [0.5, 0.6) is 0 Å². The molecule has 11 heteroatoms.